The second-order valence-electron chi connectivity index (χ2n) is 4.30. The van der Waals surface area contributed by atoms with Gasteiger partial charge in [0.2, 0.25) is 5.91 Å². The van der Waals surface area contributed by atoms with Gasteiger partial charge in [-0.25, -0.2) is 0 Å². The fourth-order valence-corrected chi connectivity index (χ4v) is 2.30. The molecular weight excluding hydrogens is 236 g/mol. The largest absolute Gasteiger partial charge is 0.375 e. The van der Waals surface area contributed by atoms with Crippen LogP contribution in [-0.2, 0) is 9.53 Å². The first-order valence-electron chi connectivity index (χ1n) is 6.41. The number of carbonyl (C=O) groups is 1. The molecule has 0 aromatic rings. The van der Waals surface area contributed by atoms with Crippen molar-refractivity contribution in [3.05, 3.63) is 0 Å². The quantitative estimate of drug-likeness (QED) is 0.640. The number of unbranched alkanes of at least 4 members (excludes halogenated alkanes) is 2. The van der Waals surface area contributed by atoms with E-state index in [1.54, 1.807) is 0 Å². The molecule has 5 heteroatoms. The minimum atomic E-state index is 0.0558. The van der Waals surface area contributed by atoms with Crippen molar-refractivity contribution >= 4 is 17.7 Å². The summed E-state index contributed by atoms with van der Waals surface area (Å²) in [7, 11) is 0. The van der Waals surface area contributed by atoms with Crippen LogP contribution in [0.25, 0.3) is 0 Å². The summed E-state index contributed by atoms with van der Waals surface area (Å²) in [5.74, 6) is 1.33. The summed E-state index contributed by atoms with van der Waals surface area (Å²) >= 11 is 1.88. The van der Waals surface area contributed by atoms with Crippen molar-refractivity contribution in [3.63, 3.8) is 0 Å². The summed E-state index contributed by atoms with van der Waals surface area (Å²) < 4.78 is 5.48. The molecule has 0 bridgehead atoms. The third-order valence-electron chi connectivity index (χ3n) is 2.76. The molecule has 4 nitrogen and oxygen atoms in total. The Kier molecular flexibility index (Phi) is 8.48. The van der Waals surface area contributed by atoms with Crippen LogP contribution in [0.3, 0.4) is 0 Å². The number of amides is 1. The molecule has 1 saturated heterocycles. The molecular formula is C12H24N2O2S. The second-order valence-corrected chi connectivity index (χ2v) is 5.29. The van der Waals surface area contributed by atoms with E-state index in [1.807, 2.05) is 11.8 Å². The highest BCUT2D eigenvalue weighted by atomic mass is 32.2. The molecule has 1 aliphatic rings. The van der Waals surface area contributed by atoms with Crippen LogP contribution in [0.5, 0.6) is 0 Å². The number of nitrogens with one attached hydrogen (secondary N) is 2. The summed E-state index contributed by atoms with van der Waals surface area (Å²) in [6.07, 6.45) is 6.18. The van der Waals surface area contributed by atoms with Crippen molar-refractivity contribution in [3.8, 4) is 0 Å². The Balaban J connectivity index is 1.93. The van der Waals surface area contributed by atoms with Gasteiger partial charge in [0.1, 0.15) is 0 Å². The Bertz CT molecular complexity index is 209. The normalized spacial score (nSPS) is 20.2. The van der Waals surface area contributed by atoms with Crippen molar-refractivity contribution < 1.29 is 9.53 Å². The van der Waals surface area contributed by atoms with E-state index >= 15 is 0 Å². The van der Waals surface area contributed by atoms with Gasteiger partial charge in [-0.3, -0.25) is 4.79 Å². The summed E-state index contributed by atoms with van der Waals surface area (Å²) in [6, 6.07) is 0. The van der Waals surface area contributed by atoms with E-state index in [0.29, 0.717) is 13.0 Å². The lowest BCUT2D eigenvalue weighted by molar-refractivity contribution is -0.124. The van der Waals surface area contributed by atoms with Gasteiger partial charge in [0, 0.05) is 19.6 Å². The highest BCUT2D eigenvalue weighted by Crippen LogP contribution is 2.03. The van der Waals surface area contributed by atoms with Crippen LogP contribution in [0.15, 0.2) is 0 Å². The second kappa shape index (κ2) is 9.74. The predicted octanol–water partition coefficient (Wildman–Crippen LogP) is 1.01. The molecule has 1 fully saturated rings. The van der Waals surface area contributed by atoms with Crippen LogP contribution in [0, 0.1) is 0 Å². The highest BCUT2D eigenvalue weighted by molar-refractivity contribution is 7.98. The molecule has 1 heterocycles. The number of hydrogen-bond donors (Lipinski definition) is 2. The topological polar surface area (TPSA) is 50.4 Å². The van der Waals surface area contributed by atoms with Gasteiger partial charge >= 0.3 is 0 Å². The summed E-state index contributed by atoms with van der Waals surface area (Å²) in [4.78, 5) is 11.6. The maximum atomic E-state index is 11.6. The predicted molar refractivity (Wildman–Crippen MR) is 72.5 cm³/mol. The lowest BCUT2D eigenvalue weighted by Crippen LogP contribution is -2.41. The Labute approximate surface area is 108 Å². The first-order chi connectivity index (χ1) is 8.33. The molecule has 0 aliphatic carbocycles. The van der Waals surface area contributed by atoms with Gasteiger partial charge in [-0.05, 0) is 24.9 Å². The molecule has 0 radical (unpaired) electrons. The maximum absolute atomic E-state index is 11.6. The molecule has 1 aliphatic heterocycles. The average Bonchev–Trinajstić information content (AvgIpc) is 2.35. The van der Waals surface area contributed by atoms with E-state index in [9.17, 15) is 4.79 Å². The number of ether oxygens (including phenoxy) is 1. The molecule has 1 amide bonds. The Hall–Kier alpha value is -0.260. The lowest BCUT2D eigenvalue weighted by Gasteiger charge is -2.23. The Morgan fingerprint density at radius 2 is 2.35 bits per heavy atom. The number of thioether (sulfide) groups is 1. The van der Waals surface area contributed by atoms with Gasteiger partial charge < -0.3 is 15.4 Å². The van der Waals surface area contributed by atoms with E-state index in [-0.39, 0.29) is 12.0 Å². The first kappa shape index (κ1) is 14.8. The Morgan fingerprint density at radius 1 is 1.47 bits per heavy atom. The minimum absolute atomic E-state index is 0.0558. The van der Waals surface area contributed by atoms with Gasteiger partial charge in [0.25, 0.3) is 0 Å². The van der Waals surface area contributed by atoms with Gasteiger partial charge in [-0.2, -0.15) is 11.8 Å². The third kappa shape index (κ3) is 7.63. The average molecular weight is 260 g/mol. The number of carbonyl (C=O) groups excluding carboxylic acids is 1. The van der Waals surface area contributed by atoms with Crippen LogP contribution in [0.1, 0.15) is 25.7 Å². The molecule has 0 aromatic carbocycles. The molecule has 0 saturated carbocycles. The van der Waals surface area contributed by atoms with Crippen LogP contribution in [0.2, 0.25) is 0 Å². The monoisotopic (exact) mass is 260 g/mol. The SMILES string of the molecule is CSCCCCCNC(=O)CC1CNCCO1. The summed E-state index contributed by atoms with van der Waals surface area (Å²) in [6.45, 7) is 3.20. The van der Waals surface area contributed by atoms with E-state index in [1.165, 1.54) is 18.6 Å². The first-order valence-corrected chi connectivity index (χ1v) is 7.80. The van der Waals surface area contributed by atoms with Gasteiger partial charge in [0.15, 0.2) is 0 Å². The zero-order valence-corrected chi connectivity index (χ0v) is 11.5. The van der Waals surface area contributed by atoms with Crippen LogP contribution in [-0.4, -0.2) is 50.3 Å². The molecule has 0 aromatic heterocycles. The van der Waals surface area contributed by atoms with Crippen LogP contribution < -0.4 is 10.6 Å². The molecule has 17 heavy (non-hydrogen) atoms. The number of hydrogen-bond acceptors (Lipinski definition) is 4. The van der Waals surface area contributed by atoms with E-state index in [4.69, 9.17) is 4.74 Å². The zero-order valence-electron chi connectivity index (χ0n) is 10.7. The van der Waals surface area contributed by atoms with E-state index in [2.05, 4.69) is 16.9 Å². The smallest absolute Gasteiger partial charge is 0.222 e. The number of rotatable bonds is 8. The maximum Gasteiger partial charge on any atom is 0.222 e. The fraction of sp³-hybridized carbons (Fsp3) is 0.917. The third-order valence-corrected chi connectivity index (χ3v) is 3.46. The lowest BCUT2D eigenvalue weighted by atomic mass is 10.2. The molecule has 2 N–H and O–H groups in total. The Morgan fingerprint density at radius 3 is 3.06 bits per heavy atom. The minimum Gasteiger partial charge on any atom is -0.375 e. The van der Waals surface area contributed by atoms with Gasteiger partial charge in [-0.1, -0.05) is 6.42 Å². The van der Waals surface area contributed by atoms with E-state index < -0.39 is 0 Å². The highest BCUT2D eigenvalue weighted by Gasteiger charge is 2.16. The van der Waals surface area contributed by atoms with Crippen molar-refractivity contribution in [1.82, 2.24) is 10.6 Å². The summed E-state index contributed by atoms with van der Waals surface area (Å²) in [5, 5.41) is 6.18. The molecule has 1 atom stereocenters. The molecule has 100 valence electrons. The standard InChI is InChI=1S/C12H24N2O2S/c1-17-8-4-2-3-5-14-12(15)9-11-10-13-6-7-16-11/h11,13H,2-10H2,1H3,(H,14,15). The zero-order chi connectivity index (χ0) is 12.3. The van der Waals surface area contributed by atoms with Crippen LogP contribution >= 0.6 is 11.8 Å². The molecule has 1 unspecified atom stereocenters. The van der Waals surface area contributed by atoms with Gasteiger partial charge in [0.05, 0.1) is 19.1 Å². The van der Waals surface area contributed by atoms with Crippen LogP contribution in [0.4, 0.5) is 0 Å². The van der Waals surface area contributed by atoms with Crippen molar-refractivity contribution in [1.29, 1.82) is 0 Å². The molecule has 1 rings (SSSR count). The van der Waals surface area contributed by atoms with Gasteiger partial charge in [-0.15, -0.1) is 0 Å². The van der Waals surface area contributed by atoms with Crippen molar-refractivity contribution in [2.24, 2.45) is 0 Å². The van der Waals surface area contributed by atoms with E-state index in [0.717, 1.165) is 26.1 Å². The fourth-order valence-electron chi connectivity index (χ4n) is 1.81. The van der Waals surface area contributed by atoms with Crippen molar-refractivity contribution in [2.45, 2.75) is 31.8 Å². The summed E-state index contributed by atoms with van der Waals surface area (Å²) in [5.41, 5.74) is 0. The number of morpholine rings is 1. The van der Waals surface area contributed by atoms with Crippen molar-refractivity contribution in [2.75, 3.05) is 38.2 Å². The molecule has 0 spiro atoms.